The fourth-order valence-corrected chi connectivity index (χ4v) is 2.03. The molecule has 0 spiro atoms. The highest BCUT2D eigenvalue weighted by molar-refractivity contribution is 6.18. The first-order valence-corrected chi connectivity index (χ1v) is 6.76. The van der Waals surface area contributed by atoms with Crippen LogP contribution in [0.1, 0.15) is 23.7 Å². The Kier molecular flexibility index (Phi) is 6.24. The zero-order valence-electron chi connectivity index (χ0n) is 11.5. The normalized spacial score (nSPS) is 10.2. The van der Waals surface area contributed by atoms with Crippen molar-refractivity contribution >= 4 is 23.2 Å². The number of non-ortho nitro benzene ring substituents is 1. The third-order valence-electron chi connectivity index (χ3n) is 2.76. The van der Waals surface area contributed by atoms with Crippen LogP contribution in [-0.4, -0.2) is 41.8 Å². The van der Waals surface area contributed by atoms with Crippen LogP contribution in [0.4, 0.5) is 5.69 Å². The Hall–Kier alpha value is -1.82. The van der Waals surface area contributed by atoms with E-state index in [1.807, 2.05) is 6.92 Å². The number of carbonyl (C=O) groups excluding carboxylic acids is 1. The van der Waals surface area contributed by atoms with Crippen LogP contribution in [0, 0.1) is 10.1 Å². The minimum atomic E-state index is -0.528. The molecule has 110 valence electrons. The van der Waals surface area contributed by atoms with Gasteiger partial charge in [0.25, 0.3) is 11.6 Å². The number of amides is 1. The molecule has 1 aromatic carbocycles. The van der Waals surface area contributed by atoms with Gasteiger partial charge in [0.2, 0.25) is 0 Å². The highest BCUT2D eigenvalue weighted by Crippen LogP contribution is 2.25. The molecular weight excluding hydrogens is 284 g/mol. The molecule has 1 aromatic rings. The summed E-state index contributed by atoms with van der Waals surface area (Å²) < 4.78 is 5.08. The zero-order valence-corrected chi connectivity index (χ0v) is 12.2. The molecule has 0 aliphatic heterocycles. The van der Waals surface area contributed by atoms with Crippen molar-refractivity contribution in [3.8, 4) is 5.75 Å². The van der Waals surface area contributed by atoms with Crippen molar-refractivity contribution in [1.82, 2.24) is 4.90 Å². The maximum absolute atomic E-state index is 12.4. The third-order valence-corrected chi connectivity index (χ3v) is 2.93. The number of nitro benzene ring substituents is 1. The van der Waals surface area contributed by atoms with Gasteiger partial charge in [0.05, 0.1) is 23.7 Å². The Morgan fingerprint density at radius 1 is 1.45 bits per heavy atom. The van der Waals surface area contributed by atoms with Crippen LogP contribution in [0.3, 0.4) is 0 Å². The molecule has 0 radical (unpaired) electrons. The molecular formula is C13H17ClN2O4. The van der Waals surface area contributed by atoms with Crippen LogP contribution >= 0.6 is 11.6 Å². The lowest BCUT2D eigenvalue weighted by Gasteiger charge is -2.21. The number of alkyl halides is 1. The molecule has 0 N–H and O–H groups in total. The molecule has 0 aromatic heterocycles. The van der Waals surface area contributed by atoms with E-state index in [4.69, 9.17) is 16.3 Å². The third kappa shape index (κ3) is 3.84. The number of methoxy groups -OCH3 is 1. The van der Waals surface area contributed by atoms with Gasteiger partial charge in [0, 0.05) is 25.0 Å². The van der Waals surface area contributed by atoms with E-state index in [9.17, 15) is 14.9 Å². The smallest absolute Gasteiger partial charge is 0.273 e. The van der Waals surface area contributed by atoms with Crippen molar-refractivity contribution in [3.05, 3.63) is 33.9 Å². The lowest BCUT2D eigenvalue weighted by Crippen LogP contribution is -2.33. The summed E-state index contributed by atoms with van der Waals surface area (Å²) in [6.45, 7) is 2.96. The lowest BCUT2D eigenvalue weighted by atomic mass is 10.1. The van der Waals surface area contributed by atoms with E-state index >= 15 is 0 Å². The van der Waals surface area contributed by atoms with Gasteiger partial charge >= 0.3 is 0 Å². The van der Waals surface area contributed by atoms with Crippen LogP contribution in [0.25, 0.3) is 0 Å². The molecule has 6 nitrogen and oxygen atoms in total. The molecule has 0 fully saturated rings. The predicted octanol–water partition coefficient (Wildman–Crippen LogP) is 2.69. The number of nitro groups is 1. The molecule has 0 saturated heterocycles. The molecule has 0 saturated carbocycles. The highest BCUT2D eigenvalue weighted by atomic mass is 35.5. The molecule has 0 bridgehead atoms. The second-order valence-electron chi connectivity index (χ2n) is 4.12. The van der Waals surface area contributed by atoms with Gasteiger partial charge in [-0.25, -0.2) is 0 Å². The van der Waals surface area contributed by atoms with Crippen molar-refractivity contribution in [2.24, 2.45) is 0 Å². The van der Waals surface area contributed by atoms with Gasteiger partial charge in [-0.3, -0.25) is 14.9 Å². The highest BCUT2D eigenvalue weighted by Gasteiger charge is 2.21. The SMILES string of the molecule is CCCN(CCCl)C(=O)c1ccc([N+](=O)[O-])cc1OC. The Bertz CT molecular complexity index is 487. The lowest BCUT2D eigenvalue weighted by molar-refractivity contribution is -0.384. The topological polar surface area (TPSA) is 72.7 Å². The van der Waals surface area contributed by atoms with Crippen molar-refractivity contribution in [3.63, 3.8) is 0 Å². The van der Waals surface area contributed by atoms with Crippen LogP contribution in [0.5, 0.6) is 5.75 Å². The van der Waals surface area contributed by atoms with E-state index in [2.05, 4.69) is 0 Å². The summed E-state index contributed by atoms with van der Waals surface area (Å²) in [6.07, 6.45) is 0.803. The summed E-state index contributed by atoms with van der Waals surface area (Å²) in [5, 5.41) is 10.7. The van der Waals surface area contributed by atoms with E-state index in [0.29, 0.717) is 24.5 Å². The summed E-state index contributed by atoms with van der Waals surface area (Å²) in [7, 11) is 1.38. The molecule has 0 heterocycles. The Morgan fingerprint density at radius 3 is 2.65 bits per heavy atom. The number of benzene rings is 1. The minimum Gasteiger partial charge on any atom is -0.496 e. The summed E-state index contributed by atoms with van der Waals surface area (Å²) in [5.41, 5.74) is 0.189. The summed E-state index contributed by atoms with van der Waals surface area (Å²) in [5.74, 6) is 0.292. The summed E-state index contributed by atoms with van der Waals surface area (Å²) in [6, 6.07) is 3.95. The van der Waals surface area contributed by atoms with Gasteiger partial charge in [-0.15, -0.1) is 11.6 Å². The number of carbonyl (C=O) groups is 1. The average molecular weight is 301 g/mol. The molecule has 0 atom stereocenters. The molecule has 7 heteroatoms. The number of hydrogen-bond acceptors (Lipinski definition) is 4. The largest absolute Gasteiger partial charge is 0.496 e. The number of halogens is 1. The van der Waals surface area contributed by atoms with Gasteiger partial charge in [-0.2, -0.15) is 0 Å². The fourth-order valence-electron chi connectivity index (χ4n) is 1.83. The second-order valence-corrected chi connectivity index (χ2v) is 4.50. The molecule has 1 amide bonds. The van der Waals surface area contributed by atoms with Crippen molar-refractivity contribution < 1.29 is 14.5 Å². The quantitative estimate of drug-likeness (QED) is 0.441. The number of hydrogen-bond donors (Lipinski definition) is 0. The summed E-state index contributed by atoms with van der Waals surface area (Å²) >= 11 is 5.69. The van der Waals surface area contributed by atoms with Crippen molar-refractivity contribution in [2.75, 3.05) is 26.1 Å². The van der Waals surface area contributed by atoms with Gasteiger partial charge in [-0.1, -0.05) is 6.92 Å². The van der Waals surface area contributed by atoms with Crippen molar-refractivity contribution in [1.29, 1.82) is 0 Å². The van der Waals surface area contributed by atoms with E-state index in [0.717, 1.165) is 6.42 Å². The molecule has 20 heavy (non-hydrogen) atoms. The van der Waals surface area contributed by atoms with Gasteiger partial charge < -0.3 is 9.64 Å². The maximum Gasteiger partial charge on any atom is 0.273 e. The Morgan fingerprint density at radius 2 is 2.15 bits per heavy atom. The first kappa shape index (κ1) is 16.2. The molecule has 1 rings (SSSR count). The summed E-state index contributed by atoms with van der Waals surface area (Å²) in [4.78, 5) is 24.2. The van der Waals surface area contributed by atoms with E-state index in [1.54, 1.807) is 4.90 Å². The first-order chi connectivity index (χ1) is 9.54. The second kappa shape index (κ2) is 7.69. The van der Waals surface area contributed by atoms with E-state index in [-0.39, 0.29) is 17.3 Å². The fraction of sp³-hybridized carbons (Fsp3) is 0.462. The van der Waals surface area contributed by atoms with Crippen LogP contribution < -0.4 is 4.74 Å². The van der Waals surface area contributed by atoms with Crippen LogP contribution in [-0.2, 0) is 0 Å². The Balaban J connectivity index is 3.10. The van der Waals surface area contributed by atoms with Gasteiger partial charge in [-0.05, 0) is 12.5 Å². The number of ether oxygens (including phenoxy) is 1. The minimum absolute atomic E-state index is 0.113. The Labute approximate surface area is 122 Å². The molecule has 0 unspecified atom stereocenters. The van der Waals surface area contributed by atoms with Crippen LogP contribution in [0.15, 0.2) is 18.2 Å². The predicted molar refractivity (Wildman–Crippen MR) is 76.6 cm³/mol. The maximum atomic E-state index is 12.4. The number of nitrogens with zero attached hydrogens (tertiary/aromatic N) is 2. The van der Waals surface area contributed by atoms with E-state index < -0.39 is 4.92 Å². The average Bonchev–Trinajstić information content (AvgIpc) is 2.45. The van der Waals surface area contributed by atoms with Crippen molar-refractivity contribution in [2.45, 2.75) is 13.3 Å². The van der Waals surface area contributed by atoms with Gasteiger partial charge in [0.15, 0.2) is 0 Å². The molecule has 0 aliphatic carbocycles. The standard InChI is InChI=1S/C13H17ClN2O4/c1-3-7-15(8-6-14)13(17)11-5-4-10(16(18)19)9-12(11)20-2/h4-5,9H,3,6-8H2,1-2H3. The van der Waals surface area contributed by atoms with E-state index in [1.165, 1.54) is 25.3 Å². The monoisotopic (exact) mass is 300 g/mol. The van der Waals surface area contributed by atoms with Gasteiger partial charge in [0.1, 0.15) is 5.75 Å². The van der Waals surface area contributed by atoms with Crippen LogP contribution in [0.2, 0.25) is 0 Å². The molecule has 0 aliphatic rings. The zero-order chi connectivity index (χ0) is 15.1. The first-order valence-electron chi connectivity index (χ1n) is 6.22. The number of rotatable bonds is 7.